The third-order valence-electron chi connectivity index (χ3n) is 4.83. The van der Waals surface area contributed by atoms with Gasteiger partial charge in [0.05, 0.1) is 0 Å². The van der Waals surface area contributed by atoms with Crippen molar-refractivity contribution >= 4 is 11.0 Å². The number of fused-ring (bicyclic) bond motifs is 2. The Morgan fingerprint density at radius 1 is 1.27 bits per heavy atom. The second kappa shape index (κ2) is 7.86. The van der Waals surface area contributed by atoms with Crippen molar-refractivity contribution in [2.45, 2.75) is 52.4 Å². The van der Waals surface area contributed by atoms with E-state index in [0.29, 0.717) is 23.3 Å². The average molecular weight is 352 g/mol. The van der Waals surface area contributed by atoms with Crippen LogP contribution in [-0.4, -0.2) is 0 Å². The van der Waals surface area contributed by atoms with Crippen LogP contribution < -0.4 is 5.43 Å². The Kier molecular flexibility index (Phi) is 5.55. The van der Waals surface area contributed by atoms with Crippen LogP contribution in [0, 0.1) is 5.82 Å². The molecule has 1 atom stereocenters. The molecule has 1 aliphatic rings. The van der Waals surface area contributed by atoms with Crippen LogP contribution in [0.4, 0.5) is 4.39 Å². The van der Waals surface area contributed by atoms with E-state index in [0.717, 1.165) is 19.3 Å². The number of rotatable bonds is 5. The van der Waals surface area contributed by atoms with Gasteiger partial charge in [-0.15, -0.1) is 0 Å². The molecule has 0 amide bonds. The quantitative estimate of drug-likeness (QED) is 0.599. The van der Waals surface area contributed by atoms with E-state index in [-0.39, 0.29) is 16.7 Å². The first-order chi connectivity index (χ1) is 12.5. The largest absolute Gasteiger partial charge is 0.460 e. The molecule has 0 bridgehead atoms. The van der Waals surface area contributed by atoms with Crippen LogP contribution in [0.2, 0.25) is 0 Å². The van der Waals surface area contributed by atoms with Gasteiger partial charge in [0.15, 0.2) is 5.43 Å². The highest BCUT2D eigenvalue weighted by Crippen LogP contribution is 2.31. The molecule has 2 aromatic rings. The van der Waals surface area contributed by atoms with Crippen molar-refractivity contribution in [3.05, 3.63) is 81.0 Å². The lowest BCUT2D eigenvalue weighted by Crippen LogP contribution is -2.19. The zero-order valence-electron chi connectivity index (χ0n) is 15.6. The lowest BCUT2D eigenvalue weighted by Gasteiger charge is -2.19. The van der Waals surface area contributed by atoms with E-state index in [1.54, 1.807) is 12.1 Å². The van der Waals surface area contributed by atoms with Gasteiger partial charge in [-0.3, -0.25) is 4.79 Å². The summed E-state index contributed by atoms with van der Waals surface area (Å²) in [5.41, 5.74) is 3.34. The summed E-state index contributed by atoms with van der Waals surface area (Å²) >= 11 is 0. The summed E-state index contributed by atoms with van der Waals surface area (Å²) in [6, 6.07) is 4.54. The Balaban J connectivity index is 1.89. The second-order valence-corrected chi connectivity index (χ2v) is 7.23. The minimum atomic E-state index is -0.513. The Hall–Kier alpha value is -2.42. The molecule has 0 fully saturated rings. The van der Waals surface area contributed by atoms with E-state index >= 15 is 0 Å². The van der Waals surface area contributed by atoms with Crippen molar-refractivity contribution in [3.63, 3.8) is 0 Å². The fourth-order valence-electron chi connectivity index (χ4n) is 3.44. The third kappa shape index (κ3) is 3.87. The molecule has 1 heterocycles. The third-order valence-corrected chi connectivity index (χ3v) is 4.83. The molecule has 1 unspecified atom stereocenters. The van der Waals surface area contributed by atoms with E-state index in [9.17, 15) is 9.18 Å². The van der Waals surface area contributed by atoms with Crippen LogP contribution in [0.15, 0.2) is 62.9 Å². The lowest BCUT2D eigenvalue weighted by molar-refractivity contribution is 0.525. The summed E-state index contributed by atoms with van der Waals surface area (Å²) in [6.45, 7) is 6.33. The minimum Gasteiger partial charge on any atom is -0.460 e. The Bertz CT molecular complexity index is 956. The van der Waals surface area contributed by atoms with Crippen LogP contribution in [0.5, 0.6) is 0 Å². The molecule has 1 aromatic carbocycles. The molecule has 0 N–H and O–H groups in total. The Morgan fingerprint density at radius 2 is 2.08 bits per heavy atom. The summed E-state index contributed by atoms with van der Waals surface area (Å²) in [5, 5.41) is 0.0656. The van der Waals surface area contributed by atoms with Gasteiger partial charge >= 0.3 is 0 Å². The van der Waals surface area contributed by atoms with Crippen molar-refractivity contribution in [1.82, 2.24) is 0 Å². The van der Waals surface area contributed by atoms with Crippen LogP contribution in [0.25, 0.3) is 11.0 Å². The van der Waals surface area contributed by atoms with Gasteiger partial charge in [-0.05, 0) is 52.2 Å². The summed E-state index contributed by atoms with van der Waals surface area (Å²) < 4.78 is 20.0. The van der Waals surface area contributed by atoms with Gasteiger partial charge in [-0.25, -0.2) is 4.39 Å². The number of hydrogen-bond acceptors (Lipinski definition) is 2. The average Bonchev–Trinajstić information content (AvgIpc) is 2.59. The van der Waals surface area contributed by atoms with Gasteiger partial charge < -0.3 is 4.42 Å². The van der Waals surface area contributed by atoms with Gasteiger partial charge in [0.1, 0.15) is 22.5 Å². The maximum absolute atomic E-state index is 14.2. The van der Waals surface area contributed by atoms with Gasteiger partial charge in [0.25, 0.3) is 0 Å². The summed E-state index contributed by atoms with van der Waals surface area (Å²) in [4.78, 5) is 12.9. The SMILES string of the molecule is CC(C)=CCC/C(C)=C/CC1C=CCc2oc3cccc(F)c3c(=O)c21. The summed E-state index contributed by atoms with van der Waals surface area (Å²) in [6.07, 6.45) is 11.9. The monoisotopic (exact) mass is 352 g/mol. The molecule has 0 radical (unpaired) electrons. The molecule has 1 aliphatic carbocycles. The van der Waals surface area contributed by atoms with Crippen LogP contribution in [-0.2, 0) is 6.42 Å². The Labute approximate surface area is 153 Å². The predicted octanol–water partition coefficient (Wildman–Crippen LogP) is 6.21. The maximum atomic E-state index is 14.2. The molecule has 3 rings (SSSR count). The van der Waals surface area contributed by atoms with E-state index < -0.39 is 5.82 Å². The molecule has 136 valence electrons. The number of halogens is 1. The first kappa shape index (κ1) is 18.4. The van der Waals surface area contributed by atoms with Crippen molar-refractivity contribution in [2.75, 3.05) is 0 Å². The van der Waals surface area contributed by atoms with Crippen molar-refractivity contribution in [1.29, 1.82) is 0 Å². The standard InChI is InChI=1S/C23H25FO2/c1-15(2)7-4-8-16(3)13-14-17-9-5-11-19-21(17)23(25)22-18(24)10-6-12-20(22)26-19/h5-7,9-10,12-13,17H,4,8,11,14H2,1-3H3/b16-13+. The Morgan fingerprint density at radius 3 is 2.85 bits per heavy atom. The van der Waals surface area contributed by atoms with Gasteiger partial charge in [0, 0.05) is 17.9 Å². The number of hydrogen-bond donors (Lipinski definition) is 0. The van der Waals surface area contributed by atoms with Crippen LogP contribution in [0.1, 0.15) is 57.3 Å². The molecule has 0 spiro atoms. The second-order valence-electron chi connectivity index (χ2n) is 7.23. The topological polar surface area (TPSA) is 30.2 Å². The van der Waals surface area contributed by atoms with E-state index in [4.69, 9.17) is 4.42 Å². The predicted molar refractivity (Wildman–Crippen MR) is 105 cm³/mol. The molecule has 0 saturated carbocycles. The van der Waals surface area contributed by atoms with Crippen molar-refractivity contribution in [3.8, 4) is 0 Å². The highest BCUT2D eigenvalue weighted by molar-refractivity contribution is 5.78. The molecule has 1 aromatic heterocycles. The maximum Gasteiger partial charge on any atom is 0.199 e. The fraction of sp³-hybridized carbons (Fsp3) is 0.348. The lowest BCUT2D eigenvalue weighted by atomic mass is 9.87. The van der Waals surface area contributed by atoms with Gasteiger partial charge in [-0.2, -0.15) is 0 Å². The minimum absolute atomic E-state index is 0.0580. The summed E-state index contributed by atoms with van der Waals surface area (Å²) in [5.74, 6) is 0.0920. The highest BCUT2D eigenvalue weighted by Gasteiger charge is 2.24. The molecule has 3 heteroatoms. The van der Waals surface area contributed by atoms with E-state index in [1.165, 1.54) is 17.2 Å². The summed E-state index contributed by atoms with van der Waals surface area (Å²) in [7, 11) is 0. The highest BCUT2D eigenvalue weighted by atomic mass is 19.1. The smallest absolute Gasteiger partial charge is 0.199 e. The zero-order valence-corrected chi connectivity index (χ0v) is 15.6. The van der Waals surface area contributed by atoms with E-state index in [2.05, 4.69) is 32.9 Å². The van der Waals surface area contributed by atoms with Crippen molar-refractivity contribution < 1.29 is 8.81 Å². The molecule has 0 saturated heterocycles. The zero-order chi connectivity index (χ0) is 18.7. The molecule has 0 aliphatic heterocycles. The van der Waals surface area contributed by atoms with Crippen LogP contribution in [0.3, 0.4) is 0 Å². The van der Waals surface area contributed by atoms with Crippen molar-refractivity contribution in [2.24, 2.45) is 0 Å². The molecular weight excluding hydrogens is 327 g/mol. The molecule has 2 nitrogen and oxygen atoms in total. The molecule has 26 heavy (non-hydrogen) atoms. The first-order valence-electron chi connectivity index (χ1n) is 9.17. The van der Waals surface area contributed by atoms with E-state index in [1.807, 2.05) is 12.2 Å². The first-order valence-corrected chi connectivity index (χ1v) is 9.17. The normalized spacial score (nSPS) is 16.6. The van der Waals surface area contributed by atoms with Gasteiger partial charge in [-0.1, -0.05) is 41.5 Å². The fourth-order valence-corrected chi connectivity index (χ4v) is 3.44. The number of allylic oxidation sites excluding steroid dienone is 6. The number of benzene rings is 1. The van der Waals surface area contributed by atoms with Gasteiger partial charge in [0.2, 0.25) is 0 Å². The molecular formula is C23H25FO2. The van der Waals surface area contributed by atoms with Crippen LogP contribution >= 0.6 is 0 Å².